The van der Waals surface area contributed by atoms with Crippen molar-refractivity contribution in [2.45, 2.75) is 33.4 Å². The summed E-state index contributed by atoms with van der Waals surface area (Å²) in [6, 6.07) is 7.78. The van der Waals surface area contributed by atoms with Crippen LogP contribution >= 0.6 is 11.3 Å². The molecule has 6 nitrogen and oxygen atoms in total. The van der Waals surface area contributed by atoms with Gasteiger partial charge in [-0.05, 0) is 42.5 Å². The van der Waals surface area contributed by atoms with Crippen LogP contribution in [0.4, 0.5) is 0 Å². The van der Waals surface area contributed by atoms with Crippen LogP contribution in [0.2, 0.25) is 0 Å². The van der Waals surface area contributed by atoms with Gasteiger partial charge in [0.25, 0.3) is 5.56 Å². The van der Waals surface area contributed by atoms with E-state index in [1.807, 2.05) is 43.5 Å². The molecule has 0 radical (unpaired) electrons. The SMILES string of the molecule is Cc1cc(C)c2c(=O)c(CN3CCc4nc(-c5cccs5)[nH]c(=O)c4C3)coc2c1. The Labute approximate surface area is 176 Å². The summed E-state index contributed by atoms with van der Waals surface area (Å²) in [6.45, 7) is 5.56. The highest BCUT2D eigenvalue weighted by Crippen LogP contribution is 2.23. The maximum absolute atomic E-state index is 13.1. The number of nitrogens with zero attached hydrogens (tertiary/aromatic N) is 2. The Kier molecular flexibility index (Phi) is 4.64. The summed E-state index contributed by atoms with van der Waals surface area (Å²) in [4.78, 5) is 36.4. The molecule has 4 heterocycles. The Morgan fingerprint density at radius 3 is 2.93 bits per heavy atom. The van der Waals surface area contributed by atoms with Gasteiger partial charge in [-0.25, -0.2) is 4.98 Å². The normalized spacial score (nSPS) is 14.2. The Balaban J connectivity index is 1.44. The molecule has 0 aliphatic carbocycles. The van der Waals surface area contributed by atoms with Crippen molar-refractivity contribution in [3.05, 3.63) is 84.4 Å². The third kappa shape index (κ3) is 3.30. The standard InChI is InChI=1S/C23H21N3O3S/c1-13-8-14(2)20-18(9-13)29-12-15(21(20)27)10-26-6-5-17-16(11-26)23(28)25-22(24-17)19-4-3-7-30-19/h3-4,7-9,12H,5-6,10-11H2,1-2H3,(H,24,25,28). The fourth-order valence-electron chi connectivity index (χ4n) is 4.16. The zero-order valence-corrected chi connectivity index (χ0v) is 17.6. The second kappa shape index (κ2) is 7.34. The topological polar surface area (TPSA) is 79.2 Å². The number of fused-ring (bicyclic) bond motifs is 2. The number of aromatic nitrogens is 2. The second-order valence-electron chi connectivity index (χ2n) is 7.82. The molecular weight excluding hydrogens is 398 g/mol. The number of aromatic amines is 1. The molecule has 1 aromatic carbocycles. The zero-order valence-electron chi connectivity index (χ0n) is 16.8. The number of benzene rings is 1. The highest BCUT2D eigenvalue weighted by molar-refractivity contribution is 7.13. The van der Waals surface area contributed by atoms with Crippen LogP contribution in [-0.4, -0.2) is 21.4 Å². The third-order valence-corrected chi connectivity index (χ3v) is 6.46. The van der Waals surface area contributed by atoms with Crippen LogP contribution in [0.1, 0.15) is 27.9 Å². The average molecular weight is 420 g/mol. The minimum atomic E-state index is -0.107. The Hall–Kier alpha value is -3.03. The molecule has 0 saturated heterocycles. The molecule has 0 fully saturated rings. The molecule has 7 heteroatoms. The van der Waals surface area contributed by atoms with Crippen LogP contribution in [-0.2, 0) is 19.5 Å². The first kappa shape index (κ1) is 19.0. The highest BCUT2D eigenvalue weighted by Gasteiger charge is 2.23. The van der Waals surface area contributed by atoms with E-state index in [0.717, 1.165) is 28.2 Å². The van der Waals surface area contributed by atoms with Gasteiger partial charge in [-0.2, -0.15) is 0 Å². The Bertz CT molecular complexity index is 1370. The number of H-pyrrole nitrogens is 1. The first-order chi connectivity index (χ1) is 14.5. The quantitative estimate of drug-likeness (QED) is 0.547. The van der Waals surface area contributed by atoms with E-state index in [1.54, 1.807) is 17.6 Å². The van der Waals surface area contributed by atoms with Crippen molar-refractivity contribution < 1.29 is 4.42 Å². The number of hydrogen-bond acceptors (Lipinski definition) is 6. The largest absolute Gasteiger partial charge is 0.464 e. The van der Waals surface area contributed by atoms with Gasteiger partial charge in [0.1, 0.15) is 5.58 Å². The van der Waals surface area contributed by atoms with Gasteiger partial charge in [0.05, 0.1) is 27.8 Å². The number of aryl methyl sites for hydroxylation is 2. The van der Waals surface area contributed by atoms with E-state index in [4.69, 9.17) is 4.42 Å². The van der Waals surface area contributed by atoms with E-state index < -0.39 is 0 Å². The summed E-state index contributed by atoms with van der Waals surface area (Å²) in [5, 5.41) is 2.60. The van der Waals surface area contributed by atoms with E-state index in [-0.39, 0.29) is 11.0 Å². The second-order valence-corrected chi connectivity index (χ2v) is 8.77. The van der Waals surface area contributed by atoms with Crippen LogP contribution in [0, 0.1) is 13.8 Å². The first-order valence-corrected chi connectivity index (χ1v) is 10.8. The van der Waals surface area contributed by atoms with Gasteiger partial charge >= 0.3 is 0 Å². The van der Waals surface area contributed by atoms with Gasteiger partial charge in [-0.15, -0.1) is 11.3 Å². The molecule has 0 spiro atoms. The lowest BCUT2D eigenvalue weighted by Crippen LogP contribution is -2.36. The molecule has 4 aromatic rings. The maximum Gasteiger partial charge on any atom is 0.255 e. The van der Waals surface area contributed by atoms with Crippen molar-refractivity contribution in [2.75, 3.05) is 6.54 Å². The first-order valence-electron chi connectivity index (χ1n) is 9.89. The third-order valence-electron chi connectivity index (χ3n) is 5.59. The number of thiophene rings is 1. The molecule has 1 aliphatic rings. The minimum Gasteiger partial charge on any atom is -0.464 e. The molecule has 1 N–H and O–H groups in total. The van der Waals surface area contributed by atoms with Crippen molar-refractivity contribution >= 4 is 22.3 Å². The summed E-state index contributed by atoms with van der Waals surface area (Å²) in [5.41, 5.74) is 4.63. The maximum atomic E-state index is 13.1. The number of rotatable bonds is 3. The van der Waals surface area contributed by atoms with Gasteiger partial charge < -0.3 is 9.40 Å². The molecule has 0 atom stereocenters. The molecule has 0 unspecified atom stereocenters. The Morgan fingerprint density at radius 2 is 2.13 bits per heavy atom. The van der Waals surface area contributed by atoms with Gasteiger partial charge in [0.2, 0.25) is 0 Å². The van der Waals surface area contributed by atoms with Crippen molar-refractivity contribution in [3.63, 3.8) is 0 Å². The fourth-order valence-corrected chi connectivity index (χ4v) is 4.83. The molecule has 0 amide bonds. The van der Waals surface area contributed by atoms with Crippen LogP contribution in [0.3, 0.4) is 0 Å². The van der Waals surface area contributed by atoms with Gasteiger partial charge in [0, 0.05) is 31.6 Å². The van der Waals surface area contributed by atoms with Crippen molar-refractivity contribution in [1.82, 2.24) is 14.9 Å². The van der Waals surface area contributed by atoms with Crippen LogP contribution in [0.25, 0.3) is 21.7 Å². The van der Waals surface area contributed by atoms with Crippen molar-refractivity contribution in [3.8, 4) is 10.7 Å². The molecule has 152 valence electrons. The summed E-state index contributed by atoms with van der Waals surface area (Å²) < 4.78 is 5.77. The van der Waals surface area contributed by atoms with Crippen LogP contribution in [0.5, 0.6) is 0 Å². The zero-order chi connectivity index (χ0) is 20.8. The van der Waals surface area contributed by atoms with E-state index in [9.17, 15) is 9.59 Å². The minimum absolute atomic E-state index is 0.000348. The Morgan fingerprint density at radius 1 is 1.27 bits per heavy atom. The predicted molar refractivity (Wildman–Crippen MR) is 118 cm³/mol. The summed E-state index contributed by atoms with van der Waals surface area (Å²) >= 11 is 1.55. The van der Waals surface area contributed by atoms with Gasteiger partial charge in [-0.3, -0.25) is 14.5 Å². The highest BCUT2D eigenvalue weighted by atomic mass is 32.1. The molecule has 30 heavy (non-hydrogen) atoms. The van der Waals surface area contributed by atoms with Crippen LogP contribution < -0.4 is 11.0 Å². The summed E-state index contributed by atoms with van der Waals surface area (Å²) in [7, 11) is 0. The lowest BCUT2D eigenvalue weighted by Gasteiger charge is -2.27. The van der Waals surface area contributed by atoms with E-state index >= 15 is 0 Å². The molecule has 1 aliphatic heterocycles. The number of hydrogen-bond donors (Lipinski definition) is 1. The summed E-state index contributed by atoms with van der Waals surface area (Å²) in [6.07, 6.45) is 2.23. The lowest BCUT2D eigenvalue weighted by atomic mass is 10.0. The van der Waals surface area contributed by atoms with E-state index in [1.165, 1.54) is 0 Å². The van der Waals surface area contributed by atoms with Gasteiger partial charge in [0.15, 0.2) is 11.3 Å². The van der Waals surface area contributed by atoms with E-state index in [0.29, 0.717) is 47.4 Å². The summed E-state index contributed by atoms with van der Waals surface area (Å²) in [5.74, 6) is 0.628. The molecular formula is C23H21N3O3S. The molecule has 0 bridgehead atoms. The van der Waals surface area contributed by atoms with Crippen molar-refractivity contribution in [2.24, 2.45) is 0 Å². The smallest absolute Gasteiger partial charge is 0.255 e. The molecule has 5 rings (SSSR count). The van der Waals surface area contributed by atoms with Crippen molar-refractivity contribution in [1.29, 1.82) is 0 Å². The predicted octanol–water partition coefficient (Wildman–Crippen LogP) is 3.78. The molecule has 3 aromatic heterocycles. The average Bonchev–Trinajstić information content (AvgIpc) is 3.25. The van der Waals surface area contributed by atoms with E-state index in [2.05, 4.69) is 14.9 Å². The lowest BCUT2D eigenvalue weighted by molar-refractivity contribution is 0.239. The van der Waals surface area contributed by atoms with Gasteiger partial charge in [-0.1, -0.05) is 12.1 Å². The molecule has 0 saturated carbocycles. The van der Waals surface area contributed by atoms with Crippen LogP contribution in [0.15, 0.2) is 49.9 Å². The number of nitrogens with one attached hydrogen (secondary N) is 1. The fraction of sp³-hybridized carbons (Fsp3) is 0.261. The monoisotopic (exact) mass is 419 g/mol.